The first-order chi connectivity index (χ1) is 5.15. The molecule has 0 aromatic heterocycles. The van der Waals surface area contributed by atoms with Crippen LogP contribution in [0.2, 0.25) is 0 Å². The van der Waals surface area contributed by atoms with Crippen LogP contribution in [0.3, 0.4) is 0 Å². The number of nitrogens with zero attached hydrogens (tertiary/aromatic N) is 1. The van der Waals surface area contributed by atoms with Crippen molar-refractivity contribution in [2.75, 3.05) is 13.7 Å². The number of ether oxygens (including phenoxy) is 1. The van der Waals surface area contributed by atoms with Gasteiger partial charge in [0.25, 0.3) is 0 Å². The van der Waals surface area contributed by atoms with Gasteiger partial charge in [0.15, 0.2) is 0 Å². The zero-order valence-corrected chi connectivity index (χ0v) is 7.10. The zero-order chi connectivity index (χ0) is 8.43. The summed E-state index contributed by atoms with van der Waals surface area (Å²) in [5, 5.41) is 0. The molecular weight excluding hydrogens is 166 g/mol. The average Bonchev–Trinajstić information content (AvgIpc) is 2.28. The van der Waals surface area contributed by atoms with Gasteiger partial charge in [0.1, 0.15) is 6.04 Å². The third-order valence-electron chi connectivity index (χ3n) is 1.67. The normalized spacial score (nSPS) is 25.6. The van der Waals surface area contributed by atoms with Crippen molar-refractivity contribution in [1.29, 1.82) is 0 Å². The van der Waals surface area contributed by atoms with Crippen LogP contribution in [0.15, 0.2) is 12.2 Å². The lowest BCUT2D eigenvalue weighted by molar-refractivity contribution is -0.144. The number of hydrogen-bond acceptors (Lipinski definition) is 3. The molecule has 0 spiro atoms. The van der Waals surface area contributed by atoms with Gasteiger partial charge in [-0.25, -0.2) is 4.42 Å². The highest BCUT2D eigenvalue weighted by atomic mass is 35.5. The van der Waals surface area contributed by atoms with Gasteiger partial charge < -0.3 is 4.74 Å². The molecule has 0 aromatic rings. The van der Waals surface area contributed by atoms with Crippen LogP contribution in [0.5, 0.6) is 0 Å². The van der Waals surface area contributed by atoms with E-state index in [0.29, 0.717) is 13.0 Å². The highest BCUT2D eigenvalue weighted by molar-refractivity contribution is 6.15. The van der Waals surface area contributed by atoms with Crippen LogP contribution in [0, 0.1) is 0 Å². The monoisotopic (exact) mass is 175 g/mol. The molecular formula is C7H10ClNO2. The summed E-state index contributed by atoms with van der Waals surface area (Å²) in [6, 6.07) is -0.339. The van der Waals surface area contributed by atoms with E-state index in [9.17, 15) is 4.79 Å². The van der Waals surface area contributed by atoms with Crippen LogP contribution in [0.25, 0.3) is 0 Å². The quantitative estimate of drug-likeness (QED) is 0.338. The minimum Gasteiger partial charge on any atom is -0.468 e. The van der Waals surface area contributed by atoms with E-state index in [1.807, 2.05) is 0 Å². The van der Waals surface area contributed by atoms with E-state index in [0.717, 1.165) is 5.57 Å². The van der Waals surface area contributed by atoms with Gasteiger partial charge in [-0.1, -0.05) is 12.2 Å². The molecule has 0 amide bonds. The van der Waals surface area contributed by atoms with Crippen LogP contribution in [0.4, 0.5) is 0 Å². The smallest absolute Gasteiger partial charge is 0.324 e. The fraction of sp³-hybridized carbons (Fsp3) is 0.571. The first-order valence-electron chi connectivity index (χ1n) is 3.32. The van der Waals surface area contributed by atoms with Crippen LogP contribution in [0.1, 0.15) is 6.42 Å². The molecule has 0 aromatic carbocycles. The number of carbonyl (C=O) groups is 1. The van der Waals surface area contributed by atoms with E-state index in [1.165, 1.54) is 11.5 Å². The van der Waals surface area contributed by atoms with Gasteiger partial charge in [0, 0.05) is 6.54 Å². The third kappa shape index (κ3) is 1.73. The highest BCUT2D eigenvalue weighted by Gasteiger charge is 2.32. The number of hydrogen-bond donors (Lipinski definition) is 0. The standard InChI is InChI=1S/C7H10ClNO2/c1-5-3-6(7(10)11-2)9(8)4-5/h6H,1,3-4H2,2H3/t6-/m0/s1. The molecule has 0 unspecified atom stereocenters. The van der Waals surface area contributed by atoms with Crippen molar-refractivity contribution in [3.05, 3.63) is 12.2 Å². The molecule has 62 valence electrons. The molecule has 3 nitrogen and oxygen atoms in total. The third-order valence-corrected chi connectivity index (χ3v) is 2.02. The summed E-state index contributed by atoms with van der Waals surface area (Å²) in [5.41, 5.74) is 0.968. The van der Waals surface area contributed by atoms with Crippen molar-refractivity contribution < 1.29 is 9.53 Å². The molecule has 1 fully saturated rings. The van der Waals surface area contributed by atoms with Crippen molar-refractivity contribution in [2.45, 2.75) is 12.5 Å². The Morgan fingerprint density at radius 2 is 2.55 bits per heavy atom. The minimum absolute atomic E-state index is 0.293. The van der Waals surface area contributed by atoms with E-state index in [1.54, 1.807) is 0 Å². The largest absolute Gasteiger partial charge is 0.468 e. The van der Waals surface area contributed by atoms with Crippen molar-refractivity contribution in [3.8, 4) is 0 Å². The van der Waals surface area contributed by atoms with Crippen LogP contribution in [-0.4, -0.2) is 30.1 Å². The van der Waals surface area contributed by atoms with Crippen LogP contribution in [-0.2, 0) is 9.53 Å². The molecule has 1 aliphatic heterocycles. The summed E-state index contributed by atoms with van der Waals surface area (Å²) >= 11 is 5.72. The van der Waals surface area contributed by atoms with Crippen molar-refractivity contribution in [3.63, 3.8) is 0 Å². The first-order valence-corrected chi connectivity index (χ1v) is 3.66. The Kier molecular flexibility index (Phi) is 2.52. The van der Waals surface area contributed by atoms with E-state index < -0.39 is 0 Å². The van der Waals surface area contributed by atoms with Gasteiger partial charge in [-0.3, -0.25) is 4.79 Å². The summed E-state index contributed by atoms with van der Waals surface area (Å²) in [5.74, 6) is -0.293. The number of halogens is 1. The van der Waals surface area contributed by atoms with Crippen LogP contribution < -0.4 is 0 Å². The maximum absolute atomic E-state index is 11.0. The zero-order valence-electron chi connectivity index (χ0n) is 6.34. The number of esters is 1. The minimum atomic E-state index is -0.339. The fourth-order valence-electron chi connectivity index (χ4n) is 1.09. The molecule has 0 N–H and O–H groups in total. The Labute approximate surface area is 70.7 Å². The fourth-order valence-corrected chi connectivity index (χ4v) is 1.41. The molecule has 1 atom stereocenters. The van der Waals surface area contributed by atoms with E-state index in [2.05, 4.69) is 11.3 Å². The molecule has 4 heteroatoms. The Hall–Kier alpha value is -0.540. The summed E-state index contributed by atoms with van der Waals surface area (Å²) in [7, 11) is 1.36. The van der Waals surface area contributed by atoms with E-state index >= 15 is 0 Å². The van der Waals surface area contributed by atoms with Crippen molar-refractivity contribution in [1.82, 2.24) is 4.42 Å². The molecule has 0 aliphatic carbocycles. The lowest BCUT2D eigenvalue weighted by Gasteiger charge is -2.12. The number of methoxy groups -OCH3 is 1. The van der Waals surface area contributed by atoms with Gasteiger partial charge in [-0.05, 0) is 18.2 Å². The molecule has 1 aliphatic rings. The summed E-state index contributed by atoms with van der Waals surface area (Å²) < 4.78 is 5.97. The summed E-state index contributed by atoms with van der Waals surface area (Å²) in [4.78, 5) is 11.0. The maximum atomic E-state index is 11.0. The van der Waals surface area contributed by atoms with E-state index in [-0.39, 0.29) is 12.0 Å². The van der Waals surface area contributed by atoms with Gasteiger partial charge in [-0.15, -0.1) is 0 Å². The number of rotatable bonds is 1. The first kappa shape index (κ1) is 8.56. The lowest BCUT2D eigenvalue weighted by atomic mass is 10.2. The van der Waals surface area contributed by atoms with Gasteiger partial charge >= 0.3 is 5.97 Å². The van der Waals surface area contributed by atoms with Crippen LogP contribution >= 0.6 is 11.8 Å². The molecule has 11 heavy (non-hydrogen) atoms. The lowest BCUT2D eigenvalue weighted by Crippen LogP contribution is -2.30. The topological polar surface area (TPSA) is 29.5 Å². The van der Waals surface area contributed by atoms with Crippen molar-refractivity contribution >= 4 is 17.7 Å². The predicted octanol–water partition coefficient (Wildman–Crippen LogP) is 0.944. The Morgan fingerprint density at radius 1 is 1.91 bits per heavy atom. The second-order valence-electron chi connectivity index (χ2n) is 2.55. The molecule has 1 heterocycles. The SMILES string of the molecule is C=C1C[C@@H](C(=O)OC)N(Cl)C1. The Balaban J connectivity index is 2.59. The van der Waals surface area contributed by atoms with Crippen molar-refractivity contribution in [2.24, 2.45) is 0 Å². The van der Waals surface area contributed by atoms with Gasteiger partial charge in [0.2, 0.25) is 0 Å². The second-order valence-corrected chi connectivity index (χ2v) is 2.99. The summed E-state index contributed by atoms with van der Waals surface area (Å²) in [6.45, 7) is 4.31. The molecule has 0 saturated carbocycles. The van der Waals surface area contributed by atoms with Gasteiger partial charge in [-0.2, -0.15) is 0 Å². The average molecular weight is 176 g/mol. The van der Waals surface area contributed by atoms with Gasteiger partial charge in [0.05, 0.1) is 7.11 Å². The molecule has 1 saturated heterocycles. The molecule has 0 radical (unpaired) electrons. The Bertz CT molecular complexity index is 193. The molecule has 0 bridgehead atoms. The maximum Gasteiger partial charge on any atom is 0.324 e. The van der Waals surface area contributed by atoms with E-state index in [4.69, 9.17) is 11.8 Å². The number of carbonyl (C=O) groups excluding carboxylic acids is 1. The second kappa shape index (κ2) is 3.24. The summed E-state index contributed by atoms with van der Waals surface area (Å²) in [6.07, 6.45) is 0.607. The predicted molar refractivity (Wildman–Crippen MR) is 42.1 cm³/mol. The Morgan fingerprint density at radius 3 is 2.91 bits per heavy atom. The molecule has 1 rings (SSSR count). The highest BCUT2D eigenvalue weighted by Crippen LogP contribution is 2.23.